The molecule has 0 spiro atoms. The Bertz CT molecular complexity index is 875. The first kappa shape index (κ1) is 13.4. The lowest BCUT2D eigenvalue weighted by atomic mass is 10.1. The molecule has 1 aromatic carbocycles. The van der Waals surface area contributed by atoms with E-state index in [1.54, 1.807) is 10.7 Å². The minimum atomic E-state index is -0.264. The quantitative estimate of drug-likeness (QED) is 0.780. The van der Waals surface area contributed by atoms with Gasteiger partial charge in [-0.3, -0.25) is 9.48 Å². The molecule has 0 saturated heterocycles. The molecule has 0 bridgehead atoms. The average Bonchev–Trinajstić information content (AvgIpc) is 2.94. The molecule has 2 heterocycles. The molecule has 5 nitrogen and oxygen atoms in total. The molecular formula is C16H15ClN4O. The van der Waals surface area contributed by atoms with Crippen LogP contribution in [0.5, 0.6) is 0 Å². The molecule has 3 aromatic rings. The molecule has 1 saturated carbocycles. The minimum absolute atomic E-state index is 0.103. The Morgan fingerprint density at radius 3 is 2.91 bits per heavy atom. The SMILES string of the molecule is Cn1cc(C2(NC(=O)c3cc4cc(Cl)ccc4[nH]3)CC2)cn1. The van der Waals surface area contributed by atoms with Gasteiger partial charge in [0.2, 0.25) is 0 Å². The van der Waals surface area contributed by atoms with Gasteiger partial charge in [-0.2, -0.15) is 5.10 Å². The van der Waals surface area contributed by atoms with Crippen LogP contribution >= 0.6 is 11.6 Å². The third-order valence-electron chi connectivity index (χ3n) is 4.19. The van der Waals surface area contributed by atoms with Crippen molar-refractivity contribution in [1.82, 2.24) is 20.1 Å². The maximum atomic E-state index is 12.5. The van der Waals surface area contributed by atoms with Crippen molar-refractivity contribution in [2.75, 3.05) is 0 Å². The Morgan fingerprint density at radius 1 is 1.41 bits per heavy atom. The fourth-order valence-electron chi connectivity index (χ4n) is 2.79. The van der Waals surface area contributed by atoms with Crippen LogP contribution in [0.2, 0.25) is 5.02 Å². The number of amides is 1. The Balaban J connectivity index is 1.61. The molecule has 0 atom stereocenters. The minimum Gasteiger partial charge on any atom is -0.351 e. The normalized spacial score (nSPS) is 15.9. The molecule has 0 unspecified atom stereocenters. The van der Waals surface area contributed by atoms with Gasteiger partial charge in [0, 0.05) is 34.7 Å². The highest BCUT2D eigenvalue weighted by atomic mass is 35.5. The standard InChI is InChI=1S/C16H15ClN4O/c1-21-9-11(8-18-21)16(4-5-16)20-15(22)14-7-10-6-12(17)2-3-13(10)19-14/h2-3,6-9,19H,4-5H2,1H3,(H,20,22). The molecule has 0 radical (unpaired) electrons. The van der Waals surface area contributed by atoms with E-state index in [2.05, 4.69) is 15.4 Å². The van der Waals surface area contributed by atoms with Crippen molar-refractivity contribution in [3.63, 3.8) is 0 Å². The summed E-state index contributed by atoms with van der Waals surface area (Å²) in [5, 5.41) is 8.92. The second-order valence-electron chi connectivity index (χ2n) is 5.85. The zero-order chi connectivity index (χ0) is 15.3. The van der Waals surface area contributed by atoms with Crippen molar-refractivity contribution in [1.29, 1.82) is 0 Å². The van der Waals surface area contributed by atoms with Gasteiger partial charge in [0.1, 0.15) is 5.69 Å². The van der Waals surface area contributed by atoms with Crippen LogP contribution in [0.25, 0.3) is 10.9 Å². The van der Waals surface area contributed by atoms with Gasteiger partial charge in [0.15, 0.2) is 0 Å². The number of nitrogens with one attached hydrogen (secondary N) is 2. The van der Waals surface area contributed by atoms with Crippen molar-refractivity contribution in [3.05, 3.63) is 52.9 Å². The highest BCUT2D eigenvalue weighted by Crippen LogP contribution is 2.45. The van der Waals surface area contributed by atoms with Gasteiger partial charge in [-0.25, -0.2) is 0 Å². The van der Waals surface area contributed by atoms with E-state index in [4.69, 9.17) is 11.6 Å². The number of aromatic amines is 1. The highest BCUT2D eigenvalue weighted by Gasteiger charge is 2.46. The number of nitrogens with zero attached hydrogens (tertiary/aromatic N) is 2. The summed E-state index contributed by atoms with van der Waals surface area (Å²) in [7, 11) is 1.88. The maximum absolute atomic E-state index is 12.5. The van der Waals surface area contributed by atoms with E-state index in [-0.39, 0.29) is 11.4 Å². The summed E-state index contributed by atoms with van der Waals surface area (Å²) in [6.07, 6.45) is 5.66. The number of carbonyl (C=O) groups excluding carboxylic acids is 1. The van der Waals surface area contributed by atoms with Crippen LogP contribution in [-0.4, -0.2) is 20.7 Å². The first-order valence-corrected chi connectivity index (χ1v) is 7.53. The number of H-pyrrole nitrogens is 1. The Morgan fingerprint density at radius 2 is 2.23 bits per heavy atom. The lowest BCUT2D eigenvalue weighted by Crippen LogP contribution is -2.34. The predicted octanol–water partition coefficient (Wildman–Crippen LogP) is 2.97. The van der Waals surface area contributed by atoms with E-state index in [0.717, 1.165) is 29.3 Å². The predicted molar refractivity (Wildman–Crippen MR) is 84.9 cm³/mol. The van der Waals surface area contributed by atoms with Crippen LogP contribution in [0.15, 0.2) is 36.7 Å². The molecule has 1 amide bonds. The van der Waals surface area contributed by atoms with Crippen LogP contribution in [-0.2, 0) is 12.6 Å². The van der Waals surface area contributed by atoms with Gasteiger partial charge in [-0.05, 0) is 37.1 Å². The fraction of sp³-hybridized carbons (Fsp3) is 0.250. The smallest absolute Gasteiger partial charge is 0.268 e. The van der Waals surface area contributed by atoms with E-state index in [0.29, 0.717) is 10.7 Å². The zero-order valence-corrected chi connectivity index (χ0v) is 12.8. The number of fused-ring (bicyclic) bond motifs is 1. The van der Waals surface area contributed by atoms with E-state index in [1.165, 1.54) is 0 Å². The Hall–Kier alpha value is -2.27. The van der Waals surface area contributed by atoms with Crippen molar-refractivity contribution >= 4 is 28.4 Å². The third-order valence-corrected chi connectivity index (χ3v) is 4.42. The summed E-state index contributed by atoms with van der Waals surface area (Å²) < 4.78 is 1.76. The summed E-state index contributed by atoms with van der Waals surface area (Å²) in [6.45, 7) is 0. The van der Waals surface area contributed by atoms with Crippen LogP contribution in [0.3, 0.4) is 0 Å². The number of aryl methyl sites for hydroxylation is 1. The van der Waals surface area contributed by atoms with E-state index in [1.807, 2.05) is 37.6 Å². The molecule has 1 aliphatic rings. The lowest BCUT2D eigenvalue weighted by Gasteiger charge is -2.15. The monoisotopic (exact) mass is 314 g/mol. The van der Waals surface area contributed by atoms with Crippen molar-refractivity contribution < 1.29 is 4.79 Å². The largest absolute Gasteiger partial charge is 0.351 e. The number of hydrogen-bond donors (Lipinski definition) is 2. The number of carbonyl (C=O) groups is 1. The molecule has 1 fully saturated rings. The topological polar surface area (TPSA) is 62.7 Å². The van der Waals surface area contributed by atoms with Crippen LogP contribution in [0.4, 0.5) is 0 Å². The van der Waals surface area contributed by atoms with E-state index < -0.39 is 0 Å². The maximum Gasteiger partial charge on any atom is 0.268 e. The van der Waals surface area contributed by atoms with Gasteiger partial charge in [0.05, 0.1) is 11.7 Å². The van der Waals surface area contributed by atoms with Gasteiger partial charge in [-0.1, -0.05) is 11.6 Å². The summed E-state index contributed by atoms with van der Waals surface area (Å²) >= 11 is 5.98. The highest BCUT2D eigenvalue weighted by molar-refractivity contribution is 6.31. The summed E-state index contributed by atoms with van der Waals surface area (Å²) in [5.74, 6) is -0.103. The number of hydrogen-bond acceptors (Lipinski definition) is 2. The van der Waals surface area contributed by atoms with Crippen molar-refractivity contribution in [2.24, 2.45) is 7.05 Å². The van der Waals surface area contributed by atoms with E-state index in [9.17, 15) is 4.79 Å². The molecule has 4 rings (SSSR count). The Labute approximate surface area is 132 Å². The molecule has 1 aliphatic carbocycles. The number of halogens is 1. The summed E-state index contributed by atoms with van der Waals surface area (Å²) in [5.41, 5.74) is 2.25. The first-order chi connectivity index (χ1) is 10.6. The summed E-state index contributed by atoms with van der Waals surface area (Å²) in [4.78, 5) is 15.7. The first-order valence-electron chi connectivity index (χ1n) is 7.16. The molecule has 2 N–H and O–H groups in total. The van der Waals surface area contributed by atoms with Crippen molar-refractivity contribution in [3.8, 4) is 0 Å². The number of rotatable bonds is 3. The molecule has 22 heavy (non-hydrogen) atoms. The Kier molecular flexibility index (Phi) is 2.81. The third kappa shape index (κ3) is 2.18. The van der Waals surface area contributed by atoms with Crippen LogP contribution < -0.4 is 5.32 Å². The van der Waals surface area contributed by atoms with Crippen LogP contribution in [0.1, 0.15) is 28.9 Å². The second kappa shape index (κ2) is 4.61. The van der Waals surface area contributed by atoms with Gasteiger partial charge in [-0.15, -0.1) is 0 Å². The second-order valence-corrected chi connectivity index (χ2v) is 6.29. The van der Waals surface area contributed by atoms with Crippen LogP contribution in [0, 0.1) is 0 Å². The van der Waals surface area contributed by atoms with Gasteiger partial charge < -0.3 is 10.3 Å². The van der Waals surface area contributed by atoms with Gasteiger partial charge >= 0.3 is 0 Å². The van der Waals surface area contributed by atoms with E-state index >= 15 is 0 Å². The average molecular weight is 315 g/mol. The fourth-order valence-corrected chi connectivity index (χ4v) is 2.97. The molecule has 112 valence electrons. The van der Waals surface area contributed by atoms with Gasteiger partial charge in [0.25, 0.3) is 5.91 Å². The lowest BCUT2D eigenvalue weighted by molar-refractivity contribution is 0.0926. The zero-order valence-electron chi connectivity index (χ0n) is 12.1. The molecule has 0 aliphatic heterocycles. The number of benzene rings is 1. The molecule has 2 aromatic heterocycles. The molecular weight excluding hydrogens is 300 g/mol. The summed E-state index contributed by atoms with van der Waals surface area (Å²) in [6, 6.07) is 7.36. The molecule has 6 heteroatoms. The number of aromatic nitrogens is 3. The van der Waals surface area contributed by atoms with Crippen molar-refractivity contribution in [2.45, 2.75) is 18.4 Å².